The Bertz CT molecular complexity index is 500. The number of aromatic amines is 1. The van der Waals surface area contributed by atoms with Crippen molar-refractivity contribution in [1.82, 2.24) is 9.88 Å². The summed E-state index contributed by atoms with van der Waals surface area (Å²) in [7, 11) is 1.66. The summed E-state index contributed by atoms with van der Waals surface area (Å²) in [5.41, 5.74) is 5.62. The molecule has 2 rings (SSSR count). The Kier molecular flexibility index (Phi) is 4.34. The van der Waals surface area contributed by atoms with Gasteiger partial charge in [0.15, 0.2) is 5.43 Å². The van der Waals surface area contributed by atoms with E-state index in [0.717, 1.165) is 6.42 Å². The number of ether oxygens (including phenoxy) is 1. The molecule has 2 unspecified atom stereocenters. The van der Waals surface area contributed by atoms with Gasteiger partial charge in [-0.1, -0.05) is 0 Å². The first-order valence-corrected chi connectivity index (χ1v) is 6.38. The zero-order chi connectivity index (χ0) is 13.8. The van der Waals surface area contributed by atoms with Crippen molar-refractivity contribution >= 4 is 5.91 Å². The Balaban J connectivity index is 2.19. The van der Waals surface area contributed by atoms with E-state index >= 15 is 0 Å². The fourth-order valence-electron chi connectivity index (χ4n) is 2.46. The first-order valence-electron chi connectivity index (χ1n) is 6.38. The number of rotatable bonds is 3. The predicted octanol–water partition coefficient (Wildman–Crippen LogP) is -0.0468. The lowest BCUT2D eigenvalue weighted by Crippen LogP contribution is -2.51. The van der Waals surface area contributed by atoms with E-state index in [1.165, 1.54) is 18.5 Å². The lowest BCUT2D eigenvalue weighted by atomic mass is 9.98. The van der Waals surface area contributed by atoms with Crippen LogP contribution in [0.1, 0.15) is 23.2 Å². The quantitative estimate of drug-likeness (QED) is 0.802. The molecule has 2 heterocycles. The number of carbonyl (C=O) groups is 1. The van der Waals surface area contributed by atoms with Crippen LogP contribution in [0.3, 0.4) is 0 Å². The van der Waals surface area contributed by atoms with Crippen LogP contribution >= 0.6 is 0 Å². The number of piperidine rings is 1. The molecule has 0 bridgehead atoms. The Hall–Kier alpha value is -1.66. The van der Waals surface area contributed by atoms with Gasteiger partial charge in [0.1, 0.15) is 5.56 Å². The lowest BCUT2D eigenvalue weighted by Gasteiger charge is -2.38. The maximum absolute atomic E-state index is 12.4. The van der Waals surface area contributed by atoms with Crippen molar-refractivity contribution in [3.63, 3.8) is 0 Å². The second kappa shape index (κ2) is 5.99. The van der Waals surface area contributed by atoms with Gasteiger partial charge < -0.3 is 20.4 Å². The molecule has 0 aliphatic carbocycles. The highest BCUT2D eigenvalue weighted by Crippen LogP contribution is 2.20. The molecule has 3 N–H and O–H groups in total. The molecule has 1 aliphatic heterocycles. The third kappa shape index (κ3) is 2.85. The largest absolute Gasteiger partial charge is 0.381 e. The molecule has 1 amide bonds. The minimum absolute atomic E-state index is 0.0780. The molecule has 0 radical (unpaired) electrons. The van der Waals surface area contributed by atoms with Crippen LogP contribution in [0.2, 0.25) is 0 Å². The van der Waals surface area contributed by atoms with E-state index in [-0.39, 0.29) is 29.0 Å². The third-order valence-electron chi connectivity index (χ3n) is 3.59. The van der Waals surface area contributed by atoms with Crippen LogP contribution in [0.5, 0.6) is 0 Å². The molecule has 0 spiro atoms. The van der Waals surface area contributed by atoms with E-state index in [2.05, 4.69) is 4.98 Å². The standard InChI is InChI=1S/C13H19N3O3/c1-19-10-3-5-16(9(6-10)7-14)13(18)11-8-15-4-2-12(11)17/h2,4,8-10H,3,5-7,14H2,1H3,(H,15,17). The fraction of sp³-hybridized carbons (Fsp3) is 0.538. The summed E-state index contributed by atoms with van der Waals surface area (Å²) in [4.78, 5) is 28.5. The Morgan fingerprint density at radius 3 is 3.05 bits per heavy atom. The van der Waals surface area contributed by atoms with Gasteiger partial charge in [-0.05, 0) is 12.8 Å². The highest BCUT2D eigenvalue weighted by molar-refractivity contribution is 5.94. The number of pyridine rings is 1. The summed E-state index contributed by atoms with van der Waals surface area (Å²) < 4.78 is 5.32. The van der Waals surface area contributed by atoms with Crippen LogP contribution < -0.4 is 11.2 Å². The molecule has 104 valence electrons. The molecule has 0 aromatic carbocycles. The summed E-state index contributed by atoms with van der Waals surface area (Å²) in [6.07, 6.45) is 4.57. The van der Waals surface area contributed by atoms with Gasteiger partial charge in [-0.3, -0.25) is 9.59 Å². The van der Waals surface area contributed by atoms with E-state index < -0.39 is 0 Å². The maximum Gasteiger partial charge on any atom is 0.259 e. The van der Waals surface area contributed by atoms with E-state index in [9.17, 15) is 9.59 Å². The van der Waals surface area contributed by atoms with E-state index in [0.29, 0.717) is 19.5 Å². The van der Waals surface area contributed by atoms with Gasteiger partial charge in [-0.15, -0.1) is 0 Å². The van der Waals surface area contributed by atoms with E-state index in [1.54, 1.807) is 12.0 Å². The number of methoxy groups -OCH3 is 1. The predicted molar refractivity (Wildman–Crippen MR) is 71.0 cm³/mol. The van der Waals surface area contributed by atoms with Crippen molar-refractivity contribution in [3.05, 3.63) is 34.2 Å². The molecule has 1 saturated heterocycles. The topological polar surface area (TPSA) is 88.4 Å². The van der Waals surface area contributed by atoms with Gasteiger partial charge in [-0.25, -0.2) is 0 Å². The average Bonchev–Trinajstić information content (AvgIpc) is 2.46. The van der Waals surface area contributed by atoms with Gasteiger partial charge >= 0.3 is 0 Å². The van der Waals surface area contributed by atoms with Gasteiger partial charge in [0.25, 0.3) is 5.91 Å². The number of H-pyrrole nitrogens is 1. The van der Waals surface area contributed by atoms with Crippen LogP contribution in [0, 0.1) is 0 Å². The summed E-state index contributed by atoms with van der Waals surface area (Å²) in [6, 6.07) is 1.28. The first kappa shape index (κ1) is 13.8. The SMILES string of the molecule is COC1CCN(C(=O)c2c[nH]ccc2=O)C(CN)C1. The smallest absolute Gasteiger partial charge is 0.259 e. The number of nitrogens with one attached hydrogen (secondary N) is 1. The van der Waals surface area contributed by atoms with Gasteiger partial charge in [-0.2, -0.15) is 0 Å². The molecule has 1 aromatic heterocycles. The van der Waals surface area contributed by atoms with Crippen LogP contribution in [0.25, 0.3) is 0 Å². The van der Waals surface area contributed by atoms with Gasteiger partial charge in [0.2, 0.25) is 0 Å². The molecule has 19 heavy (non-hydrogen) atoms. The van der Waals surface area contributed by atoms with E-state index in [4.69, 9.17) is 10.5 Å². The van der Waals surface area contributed by atoms with Crippen LogP contribution in [-0.2, 0) is 4.74 Å². The minimum Gasteiger partial charge on any atom is -0.381 e. The average molecular weight is 265 g/mol. The number of amides is 1. The van der Waals surface area contributed by atoms with Crippen molar-refractivity contribution in [2.24, 2.45) is 5.73 Å². The Labute approximate surface area is 111 Å². The fourth-order valence-corrected chi connectivity index (χ4v) is 2.46. The number of hydrogen-bond acceptors (Lipinski definition) is 4. The van der Waals surface area contributed by atoms with Crippen LogP contribution in [-0.4, -0.2) is 48.1 Å². The van der Waals surface area contributed by atoms with Crippen molar-refractivity contribution in [2.75, 3.05) is 20.2 Å². The lowest BCUT2D eigenvalue weighted by molar-refractivity contribution is 0.0138. The number of aromatic nitrogens is 1. The zero-order valence-electron chi connectivity index (χ0n) is 11.0. The van der Waals surface area contributed by atoms with Crippen molar-refractivity contribution in [1.29, 1.82) is 0 Å². The number of nitrogens with zero attached hydrogens (tertiary/aromatic N) is 1. The van der Waals surface area contributed by atoms with Crippen molar-refractivity contribution < 1.29 is 9.53 Å². The van der Waals surface area contributed by atoms with Gasteiger partial charge in [0.05, 0.1) is 6.10 Å². The molecule has 1 aliphatic rings. The number of hydrogen-bond donors (Lipinski definition) is 2. The zero-order valence-corrected chi connectivity index (χ0v) is 11.0. The number of carbonyl (C=O) groups excluding carboxylic acids is 1. The summed E-state index contributed by atoms with van der Waals surface area (Å²) in [5.74, 6) is -0.258. The second-order valence-corrected chi connectivity index (χ2v) is 4.69. The van der Waals surface area contributed by atoms with Crippen LogP contribution in [0.4, 0.5) is 0 Å². The highest BCUT2D eigenvalue weighted by atomic mass is 16.5. The molecule has 1 aromatic rings. The Morgan fingerprint density at radius 1 is 1.63 bits per heavy atom. The third-order valence-corrected chi connectivity index (χ3v) is 3.59. The van der Waals surface area contributed by atoms with Crippen molar-refractivity contribution in [2.45, 2.75) is 25.0 Å². The second-order valence-electron chi connectivity index (χ2n) is 4.69. The summed E-state index contributed by atoms with van der Waals surface area (Å²) in [5, 5.41) is 0. The summed E-state index contributed by atoms with van der Waals surface area (Å²) in [6.45, 7) is 0.934. The maximum atomic E-state index is 12.4. The number of likely N-dealkylation sites (tertiary alicyclic amines) is 1. The van der Waals surface area contributed by atoms with Crippen molar-refractivity contribution in [3.8, 4) is 0 Å². The normalized spacial score (nSPS) is 23.4. The molecule has 0 saturated carbocycles. The molecule has 2 atom stereocenters. The van der Waals surface area contributed by atoms with E-state index in [1.807, 2.05) is 0 Å². The molecule has 6 heteroatoms. The molecule has 6 nitrogen and oxygen atoms in total. The molecule has 1 fully saturated rings. The highest BCUT2D eigenvalue weighted by Gasteiger charge is 2.32. The summed E-state index contributed by atoms with van der Waals surface area (Å²) >= 11 is 0. The first-order chi connectivity index (χ1) is 9.17. The van der Waals surface area contributed by atoms with Gasteiger partial charge in [0, 0.05) is 44.7 Å². The number of nitrogens with two attached hydrogens (primary N) is 1. The minimum atomic E-state index is -0.270. The Morgan fingerprint density at radius 2 is 2.42 bits per heavy atom. The van der Waals surface area contributed by atoms with Crippen LogP contribution in [0.15, 0.2) is 23.3 Å². The molecular weight excluding hydrogens is 246 g/mol. The monoisotopic (exact) mass is 265 g/mol. The molecular formula is C13H19N3O3.